The van der Waals surface area contributed by atoms with Gasteiger partial charge in [-0.05, 0) is 31.5 Å². The number of carbonyl (C=O) groups excluding carboxylic acids is 2. The Kier molecular flexibility index (Phi) is 4.85. The molecule has 0 radical (unpaired) electrons. The van der Waals surface area contributed by atoms with Crippen LogP contribution in [0.1, 0.15) is 12.8 Å². The van der Waals surface area contributed by atoms with E-state index in [2.05, 4.69) is 5.32 Å². The molecule has 3 N–H and O–H groups in total. The second-order valence-corrected chi connectivity index (χ2v) is 5.15. The topological polar surface area (TPSA) is 75.4 Å². The van der Waals surface area contributed by atoms with Gasteiger partial charge < -0.3 is 11.1 Å². The Morgan fingerprint density at radius 1 is 1.38 bits per heavy atom. The number of primary amides is 1. The number of rotatable bonds is 4. The van der Waals surface area contributed by atoms with E-state index in [1.807, 2.05) is 0 Å². The standard InChI is InChI=1S/C14H17F2N3O2/c15-10-3-4-12(11(16)6-10)18-13(20)8-19-5-1-2-9(7-19)14(17)21/h3-4,6,9H,1-2,5,7-8H2,(H2,17,21)(H,18,20)/t9-/m1/s1. The van der Waals surface area contributed by atoms with Gasteiger partial charge in [-0.25, -0.2) is 8.78 Å². The number of anilines is 1. The first-order chi connectivity index (χ1) is 9.95. The largest absolute Gasteiger partial charge is 0.369 e. The fourth-order valence-electron chi connectivity index (χ4n) is 2.42. The smallest absolute Gasteiger partial charge is 0.238 e. The first kappa shape index (κ1) is 15.4. The lowest BCUT2D eigenvalue weighted by Gasteiger charge is -2.30. The molecule has 1 fully saturated rings. The van der Waals surface area contributed by atoms with E-state index in [1.165, 1.54) is 6.07 Å². The number of amides is 2. The van der Waals surface area contributed by atoms with Gasteiger partial charge in [-0.3, -0.25) is 14.5 Å². The second kappa shape index (κ2) is 6.62. The maximum absolute atomic E-state index is 13.4. The molecule has 0 unspecified atom stereocenters. The van der Waals surface area contributed by atoms with E-state index in [4.69, 9.17) is 5.73 Å². The molecule has 1 heterocycles. The molecular formula is C14H17F2N3O2. The highest BCUT2D eigenvalue weighted by molar-refractivity contribution is 5.92. The molecule has 0 aromatic heterocycles. The van der Waals surface area contributed by atoms with Crippen molar-refractivity contribution in [2.24, 2.45) is 11.7 Å². The molecule has 5 nitrogen and oxygen atoms in total. The van der Waals surface area contributed by atoms with Crippen molar-refractivity contribution in [2.75, 3.05) is 25.0 Å². The zero-order valence-corrected chi connectivity index (χ0v) is 11.4. The maximum Gasteiger partial charge on any atom is 0.238 e. The molecule has 2 rings (SSSR count). The molecule has 1 saturated heterocycles. The van der Waals surface area contributed by atoms with E-state index in [0.717, 1.165) is 18.9 Å². The molecule has 1 aliphatic heterocycles. The quantitative estimate of drug-likeness (QED) is 0.874. The number of nitrogens with one attached hydrogen (secondary N) is 1. The van der Waals surface area contributed by atoms with E-state index < -0.39 is 17.5 Å². The summed E-state index contributed by atoms with van der Waals surface area (Å²) in [7, 11) is 0. The predicted octanol–water partition coefficient (Wildman–Crippen LogP) is 1.10. The molecule has 21 heavy (non-hydrogen) atoms. The Bertz CT molecular complexity index is 551. The lowest BCUT2D eigenvalue weighted by atomic mass is 9.97. The fourth-order valence-corrected chi connectivity index (χ4v) is 2.42. The molecule has 1 aromatic rings. The van der Waals surface area contributed by atoms with Crippen LogP contribution in [0.25, 0.3) is 0 Å². The SMILES string of the molecule is NC(=O)[C@@H]1CCCN(CC(=O)Nc2ccc(F)cc2F)C1. The highest BCUT2D eigenvalue weighted by atomic mass is 19.1. The molecule has 0 bridgehead atoms. The van der Waals surface area contributed by atoms with Gasteiger partial charge in [-0.2, -0.15) is 0 Å². The van der Waals surface area contributed by atoms with Crippen LogP contribution >= 0.6 is 0 Å². The van der Waals surface area contributed by atoms with Gasteiger partial charge in [0.2, 0.25) is 11.8 Å². The van der Waals surface area contributed by atoms with Crippen LogP contribution in [0.5, 0.6) is 0 Å². The highest BCUT2D eigenvalue weighted by Crippen LogP contribution is 2.17. The van der Waals surface area contributed by atoms with E-state index in [9.17, 15) is 18.4 Å². The van der Waals surface area contributed by atoms with Gasteiger partial charge in [0.25, 0.3) is 0 Å². The number of piperidine rings is 1. The summed E-state index contributed by atoms with van der Waals surface area (Å²) >= 11 is 0. The Labute approximate surface area is 121 Å². The van der Waals surface area contributed by atoms with Crippen LogP contribution in [0.2, 0.25) is 0 Å². The Morgan fingerprint density at radius 2 is 2.14 bits per heavy atom. The van der Waals surface area contributed by atoms with Crippen LogP contribution in [0.15, 0.2) is 18.2 Å². The first-order valence-corrected chi connectivity index (χ1v) is 6.72. The van der Waals surface area contributed by atoms with Gasteiger partial charge in [0, 0.05) is 12.6 Å². The summed E-state index contributed by atoms with van der Waals surface area (Å²) in [5.74, 6) is -2.56. The molecule has 7 heteroatoms. The number of hydrogen-bond acceptors (Lipinski definition) is 3. The van der Waals surface area contributed by atoms with Gasteiger partial charge >= 0.3 is 0 Å². The maximum atomic E-state index is 13.4. The summed E-state index contributed by atoms with van der Waals surface area (Å²) in [4.78, 5) is 24.8. The second-order valence-electron chi connectivity index (χ2n) is 5.15. The first-order valence-electron chi connectivity index (χ1n) is 6.72. The van der Waals surface area contributed by atoms with Gasteiger partial charge in [-0.1, -0.05) is 0 Å². The van der Waals surface area contributed by atoms with Crippen molar-refractivity contribution < 1.29 is 18.4 Å². The molecule has 1 atom stereocenters. The minimum Gasteiger partial charge on any atom is -0.369 e. The number of nitrogens with zero attached hydrogens (tertiary/aromatic N) is 1. The average Bonchev–Trinajstić information content (AvgIpc) is 2.42. The van der Waals surface area contributed by atoms with Crippen LogP contribution < -0.4 is 11.1 Å². The molecular weight excluding hydrogens is 280 g/mol. The molecule has 2 amide bonds. The lowest BCUT2D eigenvalue weighted by Crippen LogP contribution is -2.44. The normalized spacial score (nSPS) is 19.2. The number of benzene rings is 1. The van der Waals surface area contributed by atoms with Crippen molar-refractivity contribution in [3.63, 3.8) is 0 Å². The van der Waals surface area contributed by atoms with Crippen LogP contribution in [-0.4, -0.2) is 36.3 Å². The zero-order chi connectivity index (χ0) is 15.4. The molecule has 114 valence electrons. The van der Waals surface area contributed by atoms with E-state index >= 15 is 0 Å². The summed E-state index contributed by atoms with van der Waals surface area (Å²) in [5.41, 5.74) is 5.20. The van der Waals surface area contributed by atoms with Crippen molar-refractivity contribution in [2.45, 2.75) is 12.8 Å². The van der Waals surface area contributed by atoms with E-state index in [-0.39, 0.29) is 24.1 Å². The Hall–Kier alpha value is -2.02. The summed E-state index contributed by atoms with van der Waals surface area (Å²) in [5, 5.41) is 2.39. The third-order valence-corrected chi connectivity index (χ3v) is 3.48. The van der Waals surface area contributed by atoms with Crippen molar-refractivity contribution in [1.29, 1.82) is 0 Å². The average molecular weight is 297 g/mol. The van der Waals surface area contributed by atoms with Gasteiger partial charge in [-0.15, -0.1) is 0 Å². The third kappa shape index (κ3) is 4.22. The van der Waals surface area contributed by atoms with Gasteiger partial charge in [0.05, 0.1) is 18.2 Å². The lowest BCUT2D eigenvalue weighted by molar-refractivity contribution is -0.125. The predicted molar refractivity (Wildman–Crippen MR) is 73.3 cm³/mol. The summed E-state index contributed by atoms with van der Waals surface area (Å²) in [6.07, 6.45) is 1.51. The number of likely N-dealkylation sites (tertiary alicyclic amines) is 1. The highest BCUT2D eigenvalue weighted by Gasteiger charge is 2.25. The summed E-state index contributed by atoms with van der Waals surface area (Å²) in [6.45, 7) is 1.15. The molecule has 1 aromatic carbocycles. The fraction of sp³-hybridized carbons (Fsp3) is 0.429. The molecule has 1 aliphatic rings. The minimum absolute atomic E-state index is 0.0423. The van der Waals surface area contributed by atoms with Crippen LogP contribution in [0, 0.1) is 17.6 Å². The number of carbonyl (C=O) groups is 2. The monoisotopic (exact) mass is 297 g/mol. The molecule has 0 aliphatic carbocycles. The van der Waals surface area contributed by atoms with Gasteiger partial charge in [0.1, 0.15) is 11.6 Å². The number of nitrogens with two attached hydrogens (primary N) is 1. The van der Waals surface area contributed by atoms with Crippen molar-refractivity contribution in [1.82, 2.24) is 4.90 Å². The Balaban J connectivity index is 1.91. The summed E-state index contributed by atoms with van der Waals surface area (Å²) < 4.78 is 26.2. The van der Waals surface area contributed by atoms with Crippen molar-refractivity contribution in [3.05, 3.63) is 29.8 Å². The summed E-state index contributed by atoms with van der Waals surface area (Å²) in [6, 6.07) is 2.95. The van der Waals surface area contributed by atoms with Gasteiger partial charge in [0.15, 0.2) is 0 Å². The van der Waals surface area contributed by atoms with E-state index in [1.54, 1.807) is 4.90 Å². The molecule has 0 spiro atoms. The number of halogens is 2. The zero-order valence-electron chi connectivity index (χ0n) is 11.4. The Morgan fingerprint density at radius 3 is 2.81 bits per heavy atom. The van der Waals surface area contributed by atoms with Crippen LogP contribution in [0.4, 0.5) is 14.5 Å². The van der Waals surface area contributed by atoms with E-state index in [0.29, 0.717) is 19.2 Å². The molecule has 0 saturated carbocycles. The number of hydrogen-bond donors (Lipinski definition) is 2. The van der Waals surface area contributed by atoms with Crippen LogP contribution in [-0.2, 0) is 9.59 Å². The third-order valence-electron chi connectivity index (χ3n) is 3.48. The van der Waals surface area contributed by atoms with Crippen molar-refractivity contribution >= 4 is 17.5 Å². The van der Waals surface area contributed by atoms with Crippen LogP contribution in [0.3, 0.4) is 0 Å². The minimum atomic E-state index is -0.822. The van der Waals surface area contributed by atoms with Crippen molar-refractivity contribution in [3.8, 4) is 0 Å².